The first-order chi connectivity index (χ1) is 16.2. The Kier molecular flexibility index (Phi) is 6.80. The molecule has 1 aliphatic carbocycles. The molecule has 33 heavy (non-hydrogen) atoms. The summed E-state index contributed by atoms with van der Waals surface area (Å²) in [4.78, 5) is 18.2. The molecule has 2 aliphatic heterocycles. The predicted molar refractivity (Wildman–Crippen MR) is 131 cm³/mol. The summed E-state index contributed by atoms with van der Waals surface area (Å²) >= 11 is 0. The number of piperidine rings is 1. The summed E-state index contributed by atoms with van der Waals surface area (Å²) in [5, 5.41) is 0. The van der Waals surface area contributed by atoms with E-state index in [1.165, 1.54) is 24.0 Å². The van der Waals surface area contributed by atoms with E-state index in [1.807, 2.05) is 29.2 Å². The van der Waals surface area contributed by atoms with Gasteiger partial charge in [-0.3, -0.25) is 9.69 Å². The lowest BCUT2D eigenvalue weighted by molar-refractivity contribution is 0.0430. The van der Waals surface area contributed by atoms with Crippen LogP contribution in [0.3, 0.4) is 0 Å². The maximum Gasteiger partial charge on any atom is 0.253 e. The van der Waals surface area contributed by atoms with Gasteiger partial charge >= 0.3 is 0 Å². The molecular weight excluding hydrogens is 408 g/mol. The minimum Gasteiger partial charge on any atom is -0.376 e. The number of benzene rings is 2. The molecule has 0 spiro atoms. The number of hydrogen-bond acceptors (Lipinski definition) is 3. The molecule has 3 aliphatic rings. The summed E-state index contributed by atoms with van der Waals surface area (Å²) in [5.74, 6) is 3.27. The van der Waals surface area contributed by atoms with E-state index < -0.39 is 0 Å². The third kappa shape index (κ3) is 5.16. The Bertz CT molecular complexity index is 987. The summed E-state index contributed by atoms with van der Waals surface area (Å²) in [5.41, 5.74) is 4.48. The van der Waals surface area contributed by atoms with E-state index in [1.54, 1.807) is 0 Å². The van der Waals surface area contributed by atoms with Crippen LogP contribution in [0.15, 0.2) is 48.5 Å². The van der Waals surface area contributed by atoms with Crippen molar-refractivity contribution in [2.75, 3.05) is 32.8 Å². The molecule has 0 unspecified atom stereocenters. The minimum atomic E-state index is 0.0799. The topological polar surface area (TPSA) is 32.8 Å². The first-order valence-electron chi connectivity index (χ1n) is 12.5. The number of likely N-dealkylation sites (tertiary alicyclic amines) is 1. The number of hydrogen-bond donors (Lipinski definition) is 0. The van der Waals surface area contributed by atoms with Crippen molar-refractivity contribution in [3.8, 4) is 12.3 Å². The lowest BCUT2D eigenvalue weighted by Crippen LogP contribution is -2.46. The highest BCUT2D eigenvalue weighted by Gasteiger charge is 2.32. The van der Waals surface area contributed by atoms with E-state index in [0.29, 0.717) is 24.1 Å². The maximum atomic E-state index is 13.5. The highest BCUT2D eigenvalue weighted by Crippen LogP contribution is 2.29. The van der Waals surface area contributed by atoms with Crippen molar-refractivity contribution in [1.82, 2.24) is 9.80 Å². The van der Waals surface area contributed by atoms with Crippen molar-refractivity contribution in [3.63, 3.8) is 0 Å². The van der Waals surface area contributed by atoms with E-state index >= 15 is 0 Å². The molecule has 2 fully saturated rings. The summed E-state index contributed by atoms with van der Waals surface area (Å²) in [6.45, 7) is 4.53. The average molecular weight is 443 g/mol. The van der Waals surface area contributed by atoms with Crippen LogP contribution in [0.25, 0.3) is 0 Å². The molecule has 1 atom stereocenters. The molecule has 2 aromatic carbocycles. The van der Waals surface area contributed by atoms with Crippen LogP contribution in [-0.2, 0) is 17.6 Å². The van der Waals surface area contributed by atoms with Gasteiger partial charge in [0.2, 0.25) is 0 Å². The number of carbonyl (C=O) groups is 1. The SMILES string of the molecule is C#Cc1cccc(C(=O)N(CC2CCN(C3Cc4ccccc4C3)CC2)C[C@H]2CCCO2)c1. The molecule has 0 radical (unpaired) electrons. The van der Waals surface area contributed by atoms with Crippen molar-refractivity contribution in [2.45, 2.75) is 50.7 Å². The zero-order valence-electron chi connectivity index (χ0n) is 19.4. The van der Waals surface area contributed by atoms with Crippen LogP contribution in [0.1, 0.15) is 52.7 Å². The molecular formula is C29H34N2O2. The van der Waals surface area contributed by atoms with Gasteiger partial charge in [0.15, 0.2) is 0 Å². The van der Waals surface area contributed by atoms with Gasteiger partial charge in [-0.1, -0.05) is 36.3 Å². The standard InChI is InChI=1S/C29H34N2O2/c1-2-22-7-5-10-26(17-22)29(32)31(21-28-11-6-16-33-28)20-23-12-14-30(15-13-23)27-18-24-8-3-4-9-25(24)19-27/h1,3-5,7-10,17,23,27-28H,6,11-16,18-21H2/t28-/m1/s1. The van der Waals surface area contributed by atoms with Crippen molar-refractivity contribution in [3.05, 3.63) is 70.8 Å². The van der Waals surface area contributed by atoms with Gasteiger partial charge in [0.05, 0.1) is 6.10 Å². The quantitative estimate of drug-likeness (QED) is 0.630. The second-order valence-electron chi connectivity index (χ2n) is 9.88. The normalized spacial score (nSPS) is 21.6. The molecule has 0 bridgehead atoms. The van der Waals surface area contributed by atoms with Gasteiger partial charge in [-0.15, -0.1) is 6.42 Å². The summed E-state index contributed by atoms with van der Waals surface area (Å²) in [7, 11) is 0. The van der Waals surface area contributed by atoms with Gasteiger partial charge in [-0.05, 0) is 86.9 Å². The molecule has 0 saturated carbocycles. The highest BCUT2D eigenvalue weighted by molar-refractivity contribution is 5.94. The van der Waals surface area contributed by atoms with Crippen LogP contribution in [0.5, 0.6) is 0 Å². The van der Waals surface area contributed by atoms with Crippen LogP contribution in [0.4, 0.5) is 0 Å². The van der Waals surface area contributed by atoms with Crippen LogP contribution in [0, 0.1) is 18.3 Å². The zero-order chi connectivity index (χ0) is 22.6. The number of nitrogens with zero attached hydrogens (tertiary/aromatic N) is 2. The molecule has 172 valence electrons. The summed E-state index contributed by atoms with van der Waals surface area (Å²) in [6.07, 6.45) is 12.5. The molecule has 4 nitrogen and oxygen atoms in total. The Morgan fingerprint density at radius 3 is 2.45 bits per heavy atom. The molecule has 0 aromatic heterocycles. The van der Waals surface area contributed by atoms with Gasteiger partial charge in [0.25, 0.3) is 5.91 Å². The summed E-state index contributed by atoms with van der Waals surface area (Å²) < 4.78 is 5.88. The van der Waals surface area contributed by atoms with Gasteiger partial charge in [0.1, 0.15) is 0 Å². The number of fused-ring (bicyclic) bond motifs is 1. The molecule has 5 rings (SSSR count). The fraction of sp³-hybridized carbons (Fsp3) is 0.483. The monoisotopic (exact) mass is 442 g/mol. The van der Waals surface area contributed by atoms with Crippen LogP contribution < -0.4 is 0 Å². The second kappa shape index (κ2) is 10.1. The van der Waals surface area contributed by atoms with Gasteiger partial charge in [-0.2, -0.15) is 0 Å². The lowest BCUT2D eigenvalue weighted by atomic mass is 9.94. The van der Waals surface area contributed by atoms with Crippen molar-refractivity contribution in [2.24, 2.45) is 5.92 Å². The Labute approximate surface area is 197 Å². The van der Waals surface area contributed by atoms with E-state index in [2.05, 4.69) is 35.1 Å². The Balaban J connectivity index is 1.21. The first-order valence-corrected chi connectivity index (χ1v) is 12.5. The molecule has 4 heteroatoms. The number of amides is 1. The Morgan fingerprint density at radius 2 is 1.79 bits per heavy atom. The van der Waals surface area contributed by atoms with Crippen molar-refractivity contribution < 1.29 is 9.53 Å². The highest BCUT2D eigenvalue weighted by atomic mass is 16.5. The third-order valence-electron chi connectivity index (χ3n) is 7.68. The lowest BCUT2D eigenvalue weighted by Gasteiger charge is -2.38. The van der Waals surface area contributed by atoms with E-state index in [4.69, 9.17) is 11.2 Å². The average Bonchev–Trinajstić information content (AvgIpc) is 3.53. The Morgan fingerprint density at radius 1 is 1.03 bits per heavy atom. The van der Waals surface area contributed by atoms with Crippen molar-refractivity contribution >= 4 is 5.91 Å². The van der Waals surface area contributed by atoms with Crippen molar-refractivity contribution in [1.29, 1.82) is 0 Å². The molecule has 0 N–H and O–H groups in total. The van der Waals surface area contributed by atoms with Gasteiger partial charge in [-0.25, -0.2) is 0 Å². The number of rotatable bonds is 6. The maximum absolute atomic E-state index is 13.5. The van der Waals surface area contributed by atoms with Gasteiger partial charge < -0.3 is 9.64 Å². The smallest absolute Gasteiger partial charge is 0.253 e. The van der Waals surface area contributed by atoms with Crippen LogP contribution in [-0.4, -0.2) is 60.6 Å². The molecule has 1 amide bonds. The largest absolute Gasteiger partial charge is 0.376 e. The third-order valence-corrected chi connectivity index (χ3v) is 7.68. The number of terminal acetylenes is 1. The number of carbonyl (C=O) groups excluding carboxylic acids is 1. The predicted octanol–water partition coefficient (Wildman–Crippen LogP) is 4.17. The molecule has 2 aromatic rings. The zero-order valence-corrected chi connectivity index (χ0v) is 19.4. The fourth-order valence-corrected chi connectivity index (χ4v) is 5.81. The van der Waals surface area contributed by atoms with Gasteiger partial charge in [0, 0.05) is 36.9 Å². The number of ether oxygens (including phenoxy) is 1. The first kappa shape index (κ1) is 22.2. The Hall–Kier alpha value is -2.61. The minimum absolute atomic E-state index is 0.0799. The van der Waals surface area contributed by atoms with Crippen LogP contribution in [0.2, 0.25) is 0 Å². The molecule has 2 saturated heterocycles. The van der Waals surface area contributed by atoms with E-state index in [0.717, 1.165) is 57.5 Å². The fourth-order valence-electron chi connectivity index (χ4n) is 5.81. The second-order valence-corrected chi connectivity index (χ2v) is 9.88. The molecule has 2 heterocycles. The van der Waals surface area contributed by atoms with E-state index in [-0.39, 0.29) is 12.0 Å². The van der Waals surface area contributed by atoms with Crippen LogP contribution >= 0.6 is 0 Å². The van der Waals surface area contributed by atoms with E-state index in [9.17, 15) is 4.79 Å². The summed E-state index contributed by atoms with van der Waals surface area (Å²) in [6, 6.07) is 17.0.